The Bertz CT molecular complexity index is 745. The van der Waals surface area contributed by atoms with Crippen LogP contribution in [0.3, 0.4) is 0 Å². The minimum atomic E-state index is -0.432. The van der Waals surface area contributed by atoms with Gasteiger partial charge in [-0.25, -0.2) is 9.37 Å². The van der Waals surface area contributed by atoms with Gasteiger partial charge in [0.15, 0.2) is 0 Å². The SMILES string of the molecule is Cc1ccc(-c2cncn2-c2ccc(F)c(N)c2)cc1Cl. The number of anilines is 1. The van der Waals surface area contributed by atoms with Gasteiger partial charge in [-0.1, -0.05) is 23.7 Å². The van der Waals surface area contributed by atoms with Crippen molar-refractivity contribution in [3.05, 3.63) is 65.3 Å². The summed E-state index contributed by atoms with van der Waals surface area (Å²) in [5.41, 5.74) is 9.29. The van der Waals surface area contributed by atoms with Gasteiger partial charge in [0.25, 0.3) is 0 Å². The molecule has 0 bridgehead atoms. The molecule has 0 aliphatic heterocycles. The Balaban J connectivity index is 2.12. The van der Waals surface area contributed by atoms with E-state index in [2.05, 4.69) is 4.98 Å². The average Bonchev–Trinajstić information content (AvgIpc) is 2.94. The van der Waals surface area contributed by atoms with Crippen LogP contribution in [0.15, 0.2) is 48.9 Å². The summed E-state index contributed by atoms with van der Waals surface area (Å²) >= 11 is 6.18. The van der Waals surface area contributed by atoms with Crippen LogP contribution in [-0.2, 0) is 0 Å². The van der Waals surface area contributed by atoms with Crippen LogP contribution < -0.4 is 5.73 Å². The Kier molecular flexibility index (Phi) is 3.39. The number of imidazole rings is 1. The predicted molar refractivity (Wildman–Crippen MR) is 83.1 cm³/mol. The van der Waals surface area contributed by atoms with Crippen molar-refractivity contribution in [2.75, 3.05) is 5.73 Å². The highest BCUT2D eigenvalue weighted by Crippen LogP contribution is 2.27. The van der Waals surface area contributed by atoms with Gasteiger partial charge in [-0.3, -0.25) is 4.57 Å². The summed E-state index contributed by atoms with van der Waals surface area (Å²) in [5, 5.41) is 0.693. The largest absolute Gasteiger partial charge is 0.396 e. The number of hydrogen-bond donors (Lipinski definition) is 1. The standard InChI is InChI=1S/C16H13ClFN3/c1-10-2-3-11(6-13(10)17)16-8-20-9-21(16)12-4-5-14(18)15(19)7-12/h2-9H,19H2,1H3. The second-order valence-electron chi connectivity index (χ2n) is 4.82. The van der Waals surface area contributed by atoms with Crippen LogP contribution in [0.4, 0.5) is 10.1 Å². The molecule has 0 aliphatic carbocycles. The second kappa shape index (κ2) is 5.22. The van der Waals surface area contributed by atoms with Gasteiger partial charge in [-0.15, -0.1) is 0 Å². The molecular formula is C16H13ClFN3. The second-order valence-corrected chi connectivity index (χ2v) is 5.23. The normalized spacial score (nSPS) is 10.8. The Morgan fingerprint density at radius 3 is 2.71 bits per heavy atom. The number of halogens is 2. The highest BCUT2D eigenvalue weighted by molar-refractivity contribution is 6.31. The van der Waals surface area contributed by atoms with Crippen LogP contribution in [0.2, 0.25) is 5.02 Å². The van der Waals surface area contributed by atoms with Gasteiger partial charge in [0.05, 0.1) is 23.9 Å². The first-order chi connectivity index (χ1) is 10.1. The molecule has 0 fully saturated rings. The van der Waals surface area contributed by atoms with E-state index in [4.69, 9.17) is 17.3 Å². The monoisotopic (exact) mass is 301 g/mol. The van der Waals surface area contributed by atoms with Gasteiger partial charge in [0.1, 0.15) is 5.82 Å². The molecule has 21 heavy (non-hydrogen) atoms. The van der Waals surface area contributed by atoms with Gasteiger partial charge >= 0.3 is 0 Å². The topological polar surface area (TPSA) is 43.8 Å². The number of nitrogen functional groups attached to an aromatic ring is 1. The molecule has 3 nitrogen and oxygen atoms in total. The van der Waals surface area contributed by atoms with Crippen LogP contribution in [0.5, 0.6) is 0 Å². The summed E-state index contributed by atoms with van der Waals surface area (Å²) < 4.78 is 15.1. The van der Waals surface area contributed by atoms with Gasteiger partial charge < -0.3 is 5.73 Å². The van der Waals surface area contributed by atoms with Gasteiger partial charge in [-0.2, -0.15) is 0 Å². The maximum Gasteiger partial charge on any atom is 0.146 e. The maximum atomic E-state index is 13.3. The lowest BCUT2D eigenvalue weighted by molar-refractivity contribution is 0.632. The molecule has 3 rings (SSSR count). The van der Waals surface area contributed by atoms with Crippen LogP contribution in [0.1, 0.15) is 5.56 Å². The Hall–Kier alpha value is -2.33. The van der Waals surface area contributed by atoms with Crippen molar-refractivity contribution >= 4 is 17.3 Å². The molecule has 2 N–H and O–H groups in total. The fourth-order valence-corrected chi connectivity index (χ4v) is 2.33. The van der Waals surface area contributed by atoms with Crippen LogP contribution in [0.25, 0.3) is 16.9 Å². The van der Waals surface area contributed by atoms with Crippen molar-refractivity contribution in [1.29, 1.82) is 0 Å². The van der Waals surface area contributed by atoms with Gasteiger partial charge in [-0.05, 0) is 36.8 Å². The zero-order chi connectivity index (χ0) is 15.0. The van der Waals surface area contributed by atoms with E-state index in [1.165, 1.54) is 6.07 Å². The lowest BCUT2D eigenvalue weighted by Gasteiger charge is -2.10. The van der Waals surface area contributed by atoms with Crippen molar-refractivity contribution in [2.24, 2.45) is 0 Å². The molecule has 0 spiro atoms. The Morgan fingerprint density at radius 2 is 2.00 bits per heavy atom. The van der Waals surface area contributed by atoms with E-state index in [0.717, 1.165) is 22.5 Å². The van der Waals surface area contributed by atoms with Crippen LogP contribution >= 0.6 is 11.6 Å². The van der Waals surface area contributed by atoms with Crippen LogP contribution in [-0.4, -0.2) is 9.55 Å². The van der Waals surface area contributed by atoms with E-state index in [1.54, 1.807) is 24.7 Å². The fourth-order valence-electron chi connectivity index (χ4n) is 2.15. The highest BCUT2D eigenvalue weighted by atomic mass is 35.5. The highest BCUT2D eigenvalue weighted by Gasteiger charge is 2.09. The molecule has 0 saturated heterocycles. The van der Waals surface area contributed by atoms with E-state index in [9.17, 15) is 4.39 Å². The quantitative estimate of drug-likeness (QED) is 0.720. The lowest BCUT2D eigenvalue weighted by atomic mass is 10.1. The third-order valence-corrected chi connectivity index (χ3v) is 3.77. The minimum Gasteiger partial charge on any atom is -0.396 e. The smallest absolute Gasteiger partial charge is 0.146 e. The van der Waals surface area contributed by atoms with Crippen molar-refractivity contribution in [1.82, 2.24) is 9.55 Å². The van der Waals surface area contributed by atoms with E-state index in [1.807, 2.05) is 29.7 Å². The molecule has 0 unspecified atom stereocenters. The molecule has 0 saturated carbocycles. The summed E-state index contributed by atoms with van der Waals surface area (Å²) in [5.74, 6) is -0.432. The third kappa shape index (κ3) is 2.50. The Labute approximate surface area is 126 Å². The van der Waals surface area contributed by atoms with Crippen LogP contribution in [0, 0.1) is 12.7 Å². The molecule has 0 atom stereocenters. The molecule has 0 aliphatic rings. The number of aromatic nitrogens is 2. The summed E-state index contributed by atoms with van der Waals surface area (Å²) in [6.07, 6.45) is 3.40. The molecule has 5 heteroatoms. The number of hydrogen-bond acceptors (Lipinski definition) is 2. The molecule has 106 valence electrons. The minimum absolute atomic E-state index is 0.106. The summed E-state index contributed by atoms with van der Waals surface area (Å²) in [4.78, 5) is 4.16. The van der Waals surface area contributed by atoms with E-state index in [-0.39, 0.29) is 5.69 Å². The van der Waals surface area contributed by atoms with Gasteiger partial charge in [0.2, 0.25) is 0 Å². The first-order valence-corrected chi connectivity index (χ1v) is 6.78. The first kappa shape index (κ1) is 13.6. The summed E-state index contributed by atoms with van der Waals surface area (Å²) in [6.45, 7) is 1.95. The Morgan fingerprint density at radius 1 is 1.19 bits per heavy atom. The summed E-state index contributed by atoms with van der Waals surface area (Å²) in [6, 6.07) is 10.4. The number of nitrogens with zero attached hydrogens (tertiary/aromatic N) is 2. The van der Waals surface area contributed by atoms with Crippen molar-refractivity contribution in [3.8, 4) is 16.9 Å². The van der Waals surface area contributed by atoms with Gasteiger partial charge in [0, 0.05) is 16.3 Å². The lowest BCUT2D eigenvalue weighted by Crippen LogP contribution is -1.98. The zero-order valence-corrected chi connectivity index (χ0v) is 12.1. The molecule has 3 aromatic rings. The predicted octanol–water partition coefficient (Wildman–Crippen LogP) is 4.22. The zero-order valence-electron chi connectivity index (χ0n) is 11.3. The van der Waals surface area contributed by atoms with E-state index < -0.39 is 5.82 Å². The molecule has 0 radical (unpaired) electrons. The number of nitrogens with two attached hydrogens (primary N) is 1. The van der Waals surface area contributed by atoms with E-state index >= 15 is 0 Å². The maximum absolute atomic E-state index is 13.3. The molecule has 1 aromatic heterocycles. The number of aryl methyl sites for hydroxylation is 1. The average molecular weight is 302 g/mol. The first-order valence-electron chi connectivity index (χ1n) is 6.40. The van der Waals surface area contributed by atoms with E-state index in [0.29, 0.717) is 5.02 Å². The summed E-state index contributed by atoms with van der Waals surface area (Å²) in [7, 11) is 0. The molecule has 1 heterocycles. The number of benzene rings is 2. The number of rotatable bonds is 2. The molecule has 2 aromatic carbocycles. The molecular weight excluding hydrogens is 289 g/mol. The molecule has 0 amide bonds. The van der Waals surface area contributed by atoms with Crippen molar-refractivity contribution in [3.63, 3.8) is 0 Å². The van der Waals surface area contributed by atoms with Crippen molar-refractivity contribution < 1.29 is 4.39 Å². The van der Waals surface area contributed by atoms with Crippen molar-refractivity contribution in [2.45, 2.75) is 6.92 Å². The fraction of sp³-hybridized carbons (Fsp3) is 0.0625. The third-order valence-electron chi connectivity index (χ3n) is 3.36.